The van der Waals surface area contributed by atoms with Crippen LogP contribution in [-0.2, 0) is 12.8 Å². The average molecular weight is 250 g/mol. The molecule has 0 fully saturated rings. The van der Waals surface area contributed by atoms with E-state index in [0.29, 0.717) is 12.3 Å². The van der Waals surface area contributed by atoms with E-state index in [4.69, 9.17) is 5.26 Å². The van der Waals surface area contributed by atoms with Crippen molar-refractivity contribution in [2.75, 3.05) is 0 Å². The van der Waals surface area contributed by atoms with E-state index in [1.54, 1.807) is 0 Å². The molecule has 1 unspecified atom stereocenters. The summed E-state index contributed by atoms with van der Waals surface area (Å²) in [6.07, 6.45) is 4.04. The van der Waals surface area contributed by atoms with Gasteiger partial charge in [-0.3, -0.25) is 0 Å². The zero-order valence-electron chi connectivity index (χ0n) is 7.96. The Kier molecular flexibility index (Phi) is 2.88. The Balaban J connectivity index is 2.24. The van der Waals surface area contributed by atoms with Crippen LogP contribution in [0, 0.1) is 17.2 Å². The highest BCUT2D eigenvalue weighted by molar-refractivity contribution is 9.10. The van der Waals surface area contributed by atoms with Crippen LogP contribution >= 0.6 is 15.9 Å². The fourth-order valence-corrected chi connectivity index (χ4v) is 2.74. The Bertz CT molecular complexity index is 378. The van der Waals surface area contributed by atoms with Crippen LogP contribution in [-0.4, -0.2) is 0 Å². The maximum Gasteiger partial charge on any atom is 0.0624 e. The molecule has 2 heteroatoms. The van der Waals surface area contributed by atoms with Crippen LogP contribution in [0.25, 0.3) is 0 Å². The molecule has 1 nitrogen and oxygen atoms in total. The van der Waals surface area contributed by atoms with Gasteiger partial charge in [-0.25, -0.2) is 0 Å². The summed E-state index contributed by atoms with van der Waals surface area (Å²) in [7, 11) is 0. The fourth-order valence-electron chi connectivity index (χ4n) is 2.14. The third-order valence-electron chi connectivity index (χ3n) is 2.91. The van der Waals surface area contributed by atoms with E-state index in [0.717, 1.165) is 19.3 Å². The van der Waals surface area contributed by atoms with Crippen LogP contribution in [0.4, 0.5) is 0 Å². The van der Waals surface area contributed by atoms with Gasteiger partial charge in [0, 0.05) is 10.9 Å². The predicted molar refractivity (Wildman–Crippen MR) is 59.9 cm³/mol. The van der Waals surface area contributed by atoms with Gasteiger partial charge in [-0.15, -0.1) is 0 Å². The highest BCUT2D eigenvalue weighted by Crippen LogP contribution is 2.31. The van der Waals surface area contributed by atoms with Gasteiger partial charge in [0.05, 0.1) is 6.07 Å². The first-order valence-corrected chi connectivity index (χ1v) is 5.74. The number of nitriles is 1. The molecule has 0 aromatic heterocycles. The first-order valence-electron chi connectivity index (χ1n) is 4.94. The molecule has 0 radical (unpaired) electrons. The second-order valence-corrected chi connectivity index (χ2v) is 4.70. The second kappa shape index (κ2) is 4.14. The summed E-state index contributed by atoms with van der Waals surface area (Å²) in [4.78, 5) is 0. The minimum atomic E-state index is 0.571. The normalized spacial score (nSPS) is 19.9. The molecule has 14 heavy (non-hydrogen) atoms. The fraction of sp³-hybridized carbons (Fsp3) is 0.417. The minimum absolute atomic E-state index is 0.571. The molecule has 1 aliphatic carbocycles. The molecule has 1 aromatic rings. The van der Waals surface area contributed by atoms with Gasteiger partial charge in [-0.1, -0.05) is 28.1 Å². The summed E-state index contributed by atoms with van der Waals surface area (Å²) in [5, 5.41) is 8.66. The number of hydrogen-bond donors (Lipinski definition) is 0. The molecule has 1 aromatic carbocycles. The standard InChI is InChI=1S/C12H12BrN/c13-12-3-1-2-10-8-9(6-7-14)4-5-11(10)12/h1-3,9H,4-6,8H2. The lowest BCUT2D eigenvalue weighted by molar-refractivity contribution is 0.467. The summed E-state index contributed by atoms with van der Waals surface area (Å²) in [5.74, 6) is 0.571. The Morgan fingerprint density at radius 3 is 3.14 bits per heavy atom. The van der Waals surface area contributed by atoms with Crippen LogP contribution in [0.15, 0.2) is 22.7 Å². The number of fused-ring (bicyclic) bond motifs is 1. The summed E-state index contributed by atoms with van der Waals surface area (Å²) < 4.78 is 1.23. The third-order valence-corrected chi connectivity index (χ3v) is 3.65. The van der Waals surface area contributed by atoms with Crippen molar-refractivity contribution in [3.63, 3.8) is 0 Å². The van der Waals surface area contributed by atoms with Crippen molar-refractivity contribution in [1.29, 1.82) is 5.26 Å². The van der Waals surface area contributed by atoms with Crippen molar-refractivity contribution >= 4 is 15.9 Å². The molecular formula is C12H12BrN. The molecule has 0 saturated heterocycles. The summed E-state index contributed by atoms with van der Waals surface area (Å²) in [6, 6.07) is 8.64. The summed E-state index contributed by atoms with van der Waals surface area (Å²) >= 11 is 3.58. The number of nitrogens with zero attached hydrogens (tertiary/aromatic N) is 1. The second-order valence-electron chi connectivity index (χ2n) is 3.85. The van der Waals surface area contributed by atoms with Gasteiger partial charge in [0.2, 0.25) is 0 Å². The molecule has 0 heterocycles. The predicted octanol–water partition coefficient (Wildman–Crippen LogP) is 3.47. The quantitative estimate of drug-likeness (QED) is 0.748. The van der Waals surface area contributed by atoms with E-state index in [2.05, 4.69) is 40.2 Å². The van der Waals surface area contributed by atoms with Gasteiger partial charge >= 0.3 is 0 Å². The van der Waals surface area contributed by atoms with E-state index in [9.17, 15) is 0 Å². The van der Waals surface area contributed by atoms with Crippen molar-refractivity contribution in [1.82, 2.24) is 0 Å². The van der Waals surface area contributed by atoms with Gasteiger partial charge in [0.15, 0.2) is 0 Å². The van der Waals surface area contributed by atoms with Gasteiger partial charge in [0.25, 0.3) is 0 Å². The molecule has 0 saturated carbocycles. The molecule has 72 valence electrons. The average Bonchev–Trinajstić information content (AvgIpc) is 2.18. The topological polar surface area (TPSA) is 23.8 Å². The molecule has 1 atom stereocenters. The molecule has 0 amide bonds. The van der Waals surface area contributed by atoms with Gasteiger partial charge in [0.1, 0.15) is 0 Å². The van der Waals surface area contributed by atoms with Gasteiger partial charge in [-0.2, -0.15) is 5.26 Å². The lowest BCUT2D eigenvalue weighted by Crippen LogP contribution is -2.14. The summed E-state index contributed by atoms with van der Waals surface area (Å²) in [5.41, 5.74) is 2.87. The van der Waals surface area contributed by atoms with E-state index in [-0.39, 0.29) is 0 Å². The smallest absolute Gasteiger partial charge is 0.0624 e. The van der Waals surface area contributed by atoms with Crippen molar-refractivity contribution in [2.24, 2.45) is 5.92 Å². The Morgan fingerprint density at radius 2 is 2.36 bits per heavy atom. The van der Waals surface area contributed by atoms with E-state index in [1.807, 2.05) is 0 Å². The van der Waals surface area contributed by atoms with Crippen molar-refractivity contribution < 1.29 is 0 Å². The maximum absolute atomic E-state index is 8.66. The monoisotopic (exact) mass is 249 g/mol. The van der Waals surface area contributed by atoms with Crippen LogP contribution in [0.2, 0.25) is 0 Å². The van der Waals surface area contributed by atoms with Crippen molar-refractivity contribution in [2.45, 2.75) is 25.7 Å². The minimum Gasteiger partial charge on any atom is -0.198 e. The van der Waals surface area contributed by atoms with Crippen molar-refractivity contribution in [3.8, 4) is 6.07 Å². The third kappa shape index (κ3) is 1.83. The largest absolute Gasteiger partial charge is 0.198 e. The van der Waals surface area contributed by atoms with E-state index in [1.165, 1.54) is 15.6 Å². The Labute approximate surface area is 92.9 Å². The molecule has 1 aliphatic rings. The molecule has 2 rings (SSSR count). The molecular weight excluding hydrogens is 238 g/mol. The van der Waals surface area contributed by atoms with E-state index < -0.39 is 0 Å². The maximum atomic E-state index is 8.66. The first-order chi connectivity index (χ1) is 6.81. The van der Waals surface area contributed by atoms with Crippen LogP contribution < -0.4 is 0 Å². The van der Waals surface area contributed by atoms with Crippen LogP contribution in [0.1, 0.15) is 24.0 Å². The SMILES string of the molecule is N#CCC1CCc2c(Br)cccc2C1. The van der Waals surface area contributed by atoms with Crippen LogP contribution in [0.3, 0.4) is 0 Å². The van der Waals surface area contributed by atoms with Gasteiger partial charge in [-0.05, 0) is 42.4 Å². The molecule has 0 N–H and O–H groups in total. The molecule has 0 aliphatic heterocycles. The zero-order chi connectivity index (χ0) is 9.97. The Morgan fingerprint density at radius 1 is 1.50 bits per heavy atom. The highest BCUT2D eigenvalue weighted by Gasteiger charge is 2.19. The Hall–Kier alpha value is -0.810. The molecule has 0 bridgehead atoms. The lowest BCUT2D eigenvalue weighted by Gasteiger charge is -2.23. The van der Waals surface area contributed by atoms with Gasteiger partial charge < -0.3 is 0 Å². The van der Waals surface area contributed by atoms with Crippen molar-refractivity contribution in [3.05, 3.63) is 33.8 Å². The number of halogens is 1. The first kappa shape index (κ1) is 9.73. The lowest BCUT2D eigenvalue weighted by atomic mass is 9.82. The number of hydrogen-bond acceptors (Lipinski definition) is 1. The number of benzene rings is 1. The number of rotatable bonds is 1. The zero-order valence-corrected chi connectivity index (χ0v) is 9.55. The van der Waals surface area contributed by atoms with Crippen LogP contribution in [0.5, 0.6) is 0 Å². The summed E-state index contributed by atoms with van der Waals surface area (Å²) in [6.45, 7) is 0. The van der Waals surface area contributed by atoms with E-state index >= 15 is 0 Å². The highest BCUT2D eigenvalue weighted by atomic mass is 79.9. The molecule has 0 spiro atoms.